The Morgan fingerprint density at radius 2 is 1.88 bits per heavy atom. The summed E-state index contributed by atoms with van der Waals surface area (Å²) in [5.74, 6) is -0.320. The van der Waals surface area contributed by atoms with Gasteiger partial charge in [-0.05, 0) is 43.9 Å². The van der Waals surface area contributed by atoms with E-state index in [4.69, 9.17) is 0 Å². The molecule has 0 bridgehead atoms. The molecule has 1 aliphatic carbocycles. The third-order valence-corrected chi connectivity index (χ3v) is 6.47. The molecule has 25 heavy (non-hydrogen) atoms. The maximum atomic E-state index is 12.4. The number of carbonyl (C=O) groups excluding carboxylic acids is 2. The first kappa shape index (κ1) is 17.7. The Labute approximate surface area is 147 Å². The summed E-state index contributed by atoms with van der Waals surface area (Å²) in [6.45, 7) is 1.87. The number of hydrogen-bond acceptors (Lipinski definition) is 4. The van der Waals surface area contributed by atoms with Crippen molar-refractivity contribution in [3.63, 3.8) is 0 Å². The van der Waals surface area contributed by atoms with Gasteiger partial charge in [-0.2, -0.15) is 0 Å². The van der Waals surface area contributed by atoms with Gasteiger partial charge in [-0.15, -0.1) is 0 Å². The van der Waals surface area contributed by atoms with E-state index in [1.54, 1.807) is 18.2 Å². The Morgan fingerprint density at radius 1 is 1.16 bits per heavy atom. The molecule has 1 fully saturated rings. The number of rotatable bonds is 4. The normalized spacial score (nSPS) is 22.0. The average molecular weight is 362 g/mol. The standard InChI is InChI=1S/C18H22N2O4S/c1-12-6-7-14(18(22)19-15-8-9-25(23,24)11-15)10-16(12)20-17(21)13-4-2-3-5-13/h2-3,6-7,10,13,15H,4-5,8-9,11H2,1H3,(H,19,22)(H,20,21). The third kappa shape index (κ3) is 4.28. The number of aryl methyl sites for hydroxylation is 1. The van der Waals surface area contributed by atoms with E-state index in [2.05, 4.69) is 10.6 Å². The van der Waals surface area contributed by atoms with Crippen LogP contribution in [0, 0.1) is 12.8 Å². The Balaban J connectivity index is 1.68. The first-order valence-corrected chi connectivity index (χ1v) is 10.2. The highest BCUT2D eigenvalue weighted by Crippen LogP contribution is 2.23. The molecule has 0 spiro atoms. The molecule has 6 nitrogen and oxygen atoms in total. The van der Waals surface area contributed by atoms with Crippen molar-refractivity contribution in [2.75, 3.05) is 16.8 Å². The van der Waals surface area contributed by atoms with Gasteiger partial charge >= 0.3 is 0 Å². The Hall–Kier alpha value is -2.15. The summed E-state index contributed by atoms with van der Waals surface area (Å²) >= 11 is 0. The summed E-state index contributed by atoms with van der Waals surface area (Å²) < 4.78 is 23.0. The molecule has 1 aromatic carbocycles. The number of hydrogen-bond donors (Lipinski definition) is 2. The van der Waals surface area contributed by atoms with Crippen molar-refractivity contribution in [2.24, 2.45) is 5.92 Å². The van der Waals surface area contributed by atoms with Crippen LogP contribution in [-0.4, -0.2) is 37.8 Å². The summed E-state index contributed by atoms with van der Waals surface area (Å²) in [6, 6.07) is 4.76. The highest BCUT2D eigenvalue weighted by Gasteiger charge is 2.29. The molecule has 1 atom stereocenters. The zero-order valence-electron chi connectivity index (χ0n) is 14.1. The molecular formula is C18H22N2O4S. The number of benzene rings is 1. The van der Waals surface area contributed by atoms with Crippen LogP contribution in [0.25, 0.3) is 0 Å². The number of nitrogens with one attached hydrogen (secondary N) is 2. The summed E-state index contributed by atoms with van der Waals surface area (Å²) in [6.07, 6.45) is 5.91. The van der Waals surface area contributed by atoms with Crippen LogP contribution < -0.4 is 10.6 Å². The van der Waals surface area contributed by atoms with Crippen molar-refractivity contribution < 1.29 is 18.0 Å². The molecule has 2 aliphatic rings. The topological polar surface area (TPSA) is 92.3 Å². The van der Waals surface area contributed by atoms with Crippen molar-refractivity contribution in [3.05, 3.63) is 41.5 Å². The average Bonchev–Trinajstić information content (AvgIpc) is 3.19. The fraction of sp³-hybridized carbons (Fsp3) is 0.444. The Kier molecular flexibility index (Phi) is 4.94. The minimum Gasteiger partial charge on any atom is -0.348 e. The van der Waals surface area contributed by atoms with E-state index in [-0.39, 0.29) is 35.3 Å². The Bertz CT molecular complexity index is 821. The van der Waals surface area contributed by atoms with E-state index in [1.807, 2.05) is 19.1 Å². The lowest BCUT2D eigenvalue weighted by Gasteiger charge is -2.15. The Morgan fingerprint density at radius 3 is 2.52 bits per heavy atom. The molecule has 1 aliphatic heterocycles. The van der Waals surface area contributed by atoms with E-state index in [9.17, 15) is 18.0 Å². The van der Waals surface area contributed by atoms with Gasteiger partial charge in [-0.25, -0.2) is 8.42 Å². The van der Waals surface area contributed by atoms with Gasteiger partial charge in [0.1, 0.15) is 0 Å². The molecular weight excluding hydrogens is 340 g/mol. The first-order valence-electron chi connectivity index (χ1n) is 8.42. The van der Waals surface area contributed by atoms with Crippen LogP contribution in [-0.2, 0) is 14.6 Å². The molecule has 1 unspecified atom stereocenters. The number of carbonyl (C=O) groups is 2. The van der Waals surface area contributed by atoms with Crippen LogP contribution in [0.5, 0.6) is 0 Å². The highest BCUT2D eigenvalue weighted by atomic mass is 32.2. The number of anilines is 1. The molecule has 7 heteroatoms. The van der Waals surface area contributed by atoms with Crippen LogP contribution in [0.15, 0.2) is 30.4 Å². The van der Waals surface area contributed by atoms with Gasteiger partial charge < -0.3 is 10.6 Å². The molecule has 0 radical (unpaired) electrons. The van der Waals surface area contributed by atoms with Crippen LogP contribution in [0.1, 0.15) is 35.2 Å². The smallest absolute Gasteiger partial charge is 0.251 e. The second kappa shape index (κ2) is 7.00. The number of allylic oxidation sites excluding steroid dienone is 2. The highest BCUT2D eigenvalue weighted by molar-refractivity contribution is 7.91. The monoisotopic (exact) mass is 362 g/mol. The maximum Gasteiger partial charge on any atom is 0.251 e. The zero-order valence-corrected chi connectivity index (χ0v) is 14.9. The van der Waals surface area contributed by atoms with Crippen molar-refractivity contribution in [1.29, 1.82) is 0 Å². The molecule has 1 aromatic rings. The SMILES string of the molecule is Cc1ccc(C(=O)NC2CCS(=O)(=O)C2)cc1NC(=O)C1CC=CC1. The fourth-order valence-electron chi connectivity index (χ4n) is 3.14. The fourth-order valence-corrected chi connectivity index (χ4v) is 4.81. The quantitative estimate of drug-likeness (QED) is 0.799. The molecule has 2 amide bonds. The molecule has 1 saturated heterocycles. The van der Waals surface area contributed by atoms with E-state index in [0.29, 0.717) is 17.7 Å². The van der Waals surface area contributed by atoms with Gasteiger partial charge in [0.25, 0.3) is 5.91 Å². The first-order chi connectivity index (χ1) is 11.8. The lowest BCUT2D eigenvalue weighted by atomic mass is 10.0. The van der Waals surface area contributed by atoms with E-state index < -0.39 is 9.84 Å². The van der Waals surface area contributed by atoms with Crippen LogP contribution >= 0.6 is 0 Å². The van der Waals surface area contributed by atoms with Crippen molar-refractivity contribution in [3.8, 4) is 0 Å². The summed E-state index contributed by atoms with van der Waals surface area (Å²) in [7, 11) is -3.04. The maximum absolute atomic E-state index is 12.4. The van der Waals surface area contributed by atoms with E-state index in [0.717, 1.165) is 18.4 Å². The zero-order chi connectivity index (χ0) is 18.0. The molecule has 2 N–H and O–H groups in total. The number of sulfone groups is 1. The molecule has 0 aromatic heterocycles. The van der Waals surface area contributed by atoms with Crippen molar-refractivity contribution in [1.82, 2.24) is 5.32 Å². The minimum absolute atomic E-state index is 0.0110. The third-order valence-electron chi connectivity index (χ3n) is 4.70. The molecule has 134 valence electrons. The van der Waals surface area contributed by atoms with Gasteiger partial charge in [0.05, 0.1) is 11.5 Å². The summed E-state index contributed by atoms with van der Waals surface area (Å²) in [4.78, 5) is 24.7. The predicted molar refractivity (Wildman–Crippen MR) is 96.2 cm³/mol. The number of amides is 2. The summed E-state index contributed by atoms with van der Waals surface area (Å²) in [5.41, 5.74) is 1.90. The van der Waals surface area contributed by atoms with Crippen LogP contribution in [0.3, 0.4) is 0 Å². The molecule has 3 rings (SSSR count). The lowest BCUT2D eigenvalue weighted by Crippen LogP contribution is -2.35. The lowest BCUT2D eigenvalue weighted by molar-refractivity contribution is -0.119. The van der Waals surface area contributed by atoms with E-state index in [1.165, 1.54) is 0 Å². The molecule has 0 saturated carbocycles. The van der Waals surface area contributed by atoms with Gasteiger partial charge in [0, 0.05) is 23.2 Å². The second-order valence-corrected chi connectivity index (χ2v) is 8.96. The van der Waals surface area contributed by atoms with Gasteiger partial charge in [0.2, 0.25) is 5.91 Å². The summed E-state index contributed by atoms with van der Waals surface area (Å²) in [5, 5.41) is 5.66. The predicted octanol–water partition coefficient (Wildman–Crippen LogP) is 1.82. The second-order valence-electron chi connectivity index (χ2n) is 6.73. The van der Waals surface area contributed by atoms with Gasteiger partial charge in [-0.3, -0.25) is 9.59 Å². The van der Waals surface area contributed by atoms with Crippen molar-refractivity contribution >= 4 is 27.3 Å². The molecule has 1 heterocycles. The van der Waals surface area contributed by atoms with Gasteiger partial charge in [-0.1, -0.05) is 18.2 Å². The minimum atomic E-state index is -3.04. The van der Waals surface area contributed by atoms with Crippen LogP contribution in [0.2, 0.25) is 0 Å². The largest absolute Gasteiger partial charge is 0.348 e. The van der Waals surface area contributed by atoms with Crippen molar-refractivity contribution in [2.45, 2.75) is 32.2 Å². The van der Waals surface area contributed by atoms with Gasteiger partial charge in [0.15, 0.2) is 9.84 Å². The van der Waals surface area contributed by atoms with E-state index >= 15 is 0 Å². The van der Waals surface area contributed by atoms with Crippen LogP contribution in [0.4, 0.5) is 5.69 Å².